The minimum absolute atomic E-state index is 0.0347. The number of hydrogen-bond acceptors (Lipinski definition) is 6. The van der Waals surface area contributed by atoms with Crippen molar-refractivity contribution in [2.24, 2.45) is 16.8 Å². The van der Waals surface area contributed by atoms with Crippen molar-refractivity contribution in [2.45, 2.75) is 39.5 Å². The molecule has 1 saturated carbocycles. The summed E-state index contributed by atoms with van der Waals surface area (Å²) >= 11 is 12.9. The van der Waals surface area contributed by atoms with Gasteiger partial charge in [-0.3, -0.25) is 9.30 Å². The predicted octanol–water partition coefficient (Wildman–Crippen LogP) is 4.01. The number of aliphatic hydroxyl groups is 1. The van der Waals surface area contributed by atoms with Crippen molar-refractivity contribution in [3.8, 4) is 0 Å². The van der Waals surface area contributed by atoms with Gasteiger partial charge < -0.3 is 5.11 Å². The molecule has 0 unspecified atom stereocenters. The van der Waals surface area contributed by atoms with E-state index in [0.29, 0.717) is 18.8 Å². The molecule has 2 rings (SSSR count). The molecule has 1 atom stereocenters. The van der Waals surface area contributed by atoms with Crippen molar-refractivity contribution in [1.82, 2.24) is 4.31 Å². The molecule has 0 aromatic heterocycles. The van der Waals surface area contributed by atoms with Crippen LogP contribution in [-0.4, -0.2) is 70.0 Å². The van der Waals surface area contributed by atoms with Gasteiger partial charge in [-0.05, 0) is 36.3 Å². The standard InChI is InChI=1S/C23H34Cl2N2O5S2/c1-4-6-20(22(25)21(13-24)27(3)34(31,32)12-10-18-8-9-18)23-19(15-28)14-26-11-5-7-17(2)16-33(23,29)30/h5-7,11,17-18,28H,4,8-10,12-16H2,1-3H3/b7-5-,20-6+,22-21-,23-19+,26-11?/t17-/m0/s1. The molecular weight excluding hydrogens is 519 g/mol. The monoisotopic (exact) mass is 552 g/mol. The highest BCUT2D eigenvalue weighted by Gasteiger charge is 2.32. The molecule has 1 N–H and O–H groups in total. The van der Waals surface area contributed by atoms with Crippen LogP contribution in [0.3, 0.4) is 0 Å². The van der Waals surface area contributed by atoms with Crippen molar-refractivity contribution in [2.75, 3.05) is 37.6 Å². The molecule has 1 heterocycles. The first kappa shape index (κ1) is 29.1. The molecule has 11 heteroatoms. The highest BCUT2D eigenvalue weighted by molar-refractivity contribution is 7.95. The number of sulfonamides is 1. The second kappa shape index (κ2) is 12.7. The Morgan fingerprint density at radius 1 is 1.35 bits per heavy atom. The summed E-state index contributed by atoms with van der Waals surface area (Å²) in [4.78, 5) is 4.09. The third-order valence-electron chi connectivity index (χ3n) is 5.77. The second-order valence-electron chi connectivity index (χ2n) is 8.66. The summed E-state index contributed by atoms with van der Waals surface area (Å²) in [6.07, 6.45) is 9.67. The van der Waals surface area contributed by atoms with Crippen LogP contribution < -0.4 is 0 Å². The van der Waals surface area contributed by atoms with E-state index >= 15 is 0 Å². The lowest BCUT2D eigenvalue weighted by Gasteiger charge is -2.25. The maximum atomic E-state index is 13.5. The average Bonchev–Trinajstić information content (AvgIpc) is 3.60. The van der Waals surface area contributed by atoms with Crippen LogP contribution in [-0.2, 0) is 19.9 Å². The minimum atomic E-state index is -3.92. The third kappa shape index (κ3) is 7.68. The molecule has 7 nitrogen and oxygen atoms in total. The van der Waals surface area contributed by atoms with E-state index < -0.39 is 26.5 Å². The number of halogens is 2. The largest absolute Gasteiger partial charge is 0.392 e. The van der Waals surface area contributed by atoms with Gasteiger partial charge in [0.05, 0.1) is 46.2 Å². The zero-order valence-corrected chi connectivity index (χ0v) is 23.0. The third-order valence-corrected chi connectivity index (χ3v) is 10.3. The van der Waals surface area contributed by atoms with Crippen molar-refractivity contribution in [1.29, 1.82) is 0 Å². The van der Waals surface area contributed by atoms with Crippen LogP contribution >= 0.6 is 23.2 Å². The van der Waals surface area contributed by atoms with Crippen molar-refractivity contribution in [3.05, 3.63) is 45.0 Å². The van der Waals surface area contributed by atoms with Gasteiger partial charge in [0, 0.05) is 18.8 Å². The molecule has 0 bridgehead atoms. The Kier molecular flexibility index (Phi) is 10.9. The lowest BCUT2D eigenvalue weighted by atomic mass is 10.1. The van der Waals surface area contributed by atoms with Crippen molar-refractivity contribution >= 4 is 49.3 Å². The Balaban J connectivity index is 2.66. The molecule has 1 aliphatic heterocycles. The van der Waals surface area contributed by atoms with E-state index in [1.54, 1.807) is 31.4 Å². The van der Waals surface area contributed by atoms with Crippen molar-refractivity contribution in [3.63, 3.8) is 0 Å². The summed E-state index contributed by atoms with van der Waals surface area (Å²) in [6.45, 7) is 3.00. The molecule has 0 aromatic rings. The Morgan fingerprint density at radius 2 is 2.03 bits per heavy atom. The first-order valence-electron chi connectivity index (χ1n) is 11.3. The quantitative estimate of drug-likeness (QED) is 0.325. The van der Waals surface area contributed by atoms with Crippen LogP contribution in [0, 0.1) is 11.8 Å². The topological polar surface area (TPSA) is 104 Å². The molecule has 34 heavy (non-hydrogen) atoms. The number of alkyl halides is 1. The van der Waals surface area contributed by atoms with Gasteiger partial charge in [0.1, 0.15) is 0 Å². The normalized spacial score (nSPS) is 25.6. The second-order valence-corrected chi connectivity index (χ2v) is 13.4. The molecule has 192 valence electrons. The molecule has 1 fully saturated rings. The Bertz CT molecular complexity index is 1100. The number of nitrogens with zero attached hydrogens (tertiary/aromatic N) is 2. The zero-order valence-electron chi connectivity index (χ0n) is 19.9. The van der Waals surface area contributed by atoms with Crippen LogP contribution in [0.2, 0.25) is 0 Å². The zero-order chi connectivity index (χ0) is 25.5. The van der Waals surface area contributed by atoms with E-state index in [9.17, 15) is 21.9 Å². The number of sulfone groups is 1. The van der Waals surface area contributed by atoms with Gasteiger partial charge in [0.25, 0.3) is 0 Å². The molecule has 0 saturated heterocycles. The predicted molar refractivity (Wildman–Crippen MR) is 140 cm³/mol. The van der Waals surface area contributed by atoms with Gasteiger partial charge in [-0.25, -0.2) is 16.8 Å². The van der Waals surface area contributed by atoms with Crippen LogP contribution in [0.1, 0.15) is 39.5 Å². The minimum Gasteiger partial charge on any atom is -0.392 e. The molecular formula is C23H34Cl2N2O5S2. The highest BCUT2D eigenvalue weighted by atomic mass is 35.5. The van der Waals surface area contributed by atoms with Gasteiger partial charge in [-0.1, -0.05) is 50.4 Å². The number of allylic oxidation sites excluding steroid dienone is 6. The Hall–Kier alpha value is -1.13. The van der Waals surface area contributed by atoms with Gasteiger partial charge >= 0.3 is 0 Å². The lowest BCUT2D eigenvalue weighted by Crippen LogP contribution is -2.31. The first-order chi connectivity index (χ1) is 16.0. The SMILES string of the molecule is CC/C=C(C(\Cl)=C(/CCl)N(C)S(=O)(=O)CCC1CC1)/C1=C(\CO)CN=C/C=C\[C@H](C)CS1(=O)=O. The van der Waals surface area contributed by atoms with E-state index in [1.165, 1.54) is 7.05 Å². The number of hydrogen-bond donors (Lipinski definition) is 1. The van der Waals surface area contributed by atoms with E-state index in [-0.39, 0.29) is 56.6 Å². The van der Waals surface area contributed by atoms with Gasteiger partial charge in [0.2, 0.25) is 10.0 Å². The summed E-state index contributed by atoms with van der Waals surface area (Å²) in [5, 5.41) is 10.0. The van der Waals surface area contributed by atoms with Crippen LogP contribution in [0.5, 0.6) is 0 Å². The Labute approximate surface area is 213 Å². The fraction of sp³-hybridized carbons (Fsp3) is 0.609. The van der Waals surface area contributed by atoms with E-state index in [1.807, 2.05) is 6.92 Å². The summed E-state index contributed by atoms with van der Waals surface area (Å²) in [7, 11) is -6.24. The fourth-order valence-corrected chi connectivity index (χ4v) is 8.05. The first-order valence-corrected chi connectivity index (χ1v) is 15.5. The van der Waals surface area contributed by atoms with Gasteiger partial charge in [0.15, 0.2) is 9.84 Å². The van der Waals surface area contributed by atoms with Crippen molar-refractivity contribution < 1.29 is 21.9 Å². The molecule has 2 aliphatic rings. The fourth-order valence-electron chi connectivity index (χ4n) is 3.67. The molecule has 0 amide bonds. The Morgan fingerprint density at radius 3 is 2.59 bits per heavy atom. The van der Waals surface area contributed by atoms with Crippen LogP contribution in [0.15, 0.2) is 50.0 Å². The molecule has 0 radical (unpaired) electrons. The highest BCUT2D eigenvalue weighted by Crippen LogP contribution is 2.36. The molecule has 0 spiro atoms. The van der Waals surface area contributed by atoms with E-state index in [2.05, 4.69) is 4.99 Å². The smallest absolute Gasteiger partial charge is 0.234 e. The number of rotatable bonds is 10. The van der Waals surface area contributed by atoms with Gasteiger partial charge in [-0.2, -0.15) is 0 Å². The number of aliphatic hydroxyl groups excluding tert-OH is 1. The molecule has 0 aromatic carbocycles. The average molecular weight is 554 g/mol. The number of aliphatic imine (C=N–C) groups is 1. The maximum absolute atomic E-state index is 13.5. The summed E-state index contributed by atoms with van der Waals surface area (Å²) in [5.41, 5.74) is 0.414. The summed E-state index contributed by atoms with van der Waals surface area (Å²) < 4.78 is 54.1. The van der Waals surface area contributed by atoms with E-state index in [0.717, 1.165) is 17.1 Å². The summed E-state index contributed by atoms with van der Waals surface area (Å²) in [6, 6.07) is 0. The summed E-state index contributed by atoms with van der Waals surface area (Å²) in [5.74, 6) is -0.356. The maximum Gasteiger partial charge on any atom is 0.234 e. The van der Waals surface area contributed by atoms with Gasteiger partial charge in [-0.15, -0.1) is 11.6 Å². The van der Waals surface area contributed by atoms with Crippen LogP contribution in [0.4, 0.5) is 0 Å². The lowest BCUT2D eigenvalue weighted by molar-refractivity contribution is 0.329. The van der Waals surface area contributed by atoms with E-state index in [4.69, 9.17) is 23.2 Å². The van der Waals surface area contributed by atoms with Crippen LogP contribution in [0.25, 0.3) is 0 Å². The molecule has 1 aliphatic carbocycles.